The van der Waals surface area contributed by atoms with Gasteiger partial charge in [-0.25, -0.2) is 4.79 Å². The number of fused-ring (bicyclic) bond motifs is 4. The highest BCUT2D eigenvalue weighted by atomic mass is 32.2. The molecule has 2 N–H and O–H groups in total. The monoisotopic (exact) mass is 1080 g/mol. The fourth-order valence-electron chi connectivity index (χ4n) is 16.2. The summed E-state index contributed by atoms with van der Waals surface area (Å²) in [5.41, 5.74) is 0.184. The van der Waals surface area contributed by atoms with Crippen molar-refractivity contribution in [2.24, 2.45) is 16.7 Å². The van der Waals surface area contributed by atoms with Crippen molar-refractivity contribution in [1.29, 1.82) is 0 Å². The number of aromatic nitrogens is 1. The number of methoxy groups -OCH3 is 3. The van der Waals surface area contributed by atoms with Crippen LogP contribution in [-0.2, 0) is 66.7 Å². The van der Waals surface area contributed by atoms with Crippen LogP contribution in [0.15, 0.2) is 108 Å². The number of likely N-dealkylation sites (N-methyl/N-ethyl adjacent to an activating group) is 1. The van der Waals surface area contributed by atoms with Crippen LogP contribution in [0.1, 0.15) is 98.7 Å². The Hall–Kier alpha value is -6.04. The first kappa shape index (κ1) is 53.9. The Morgan fingerprint density at radius 1 is 0.859 bits per heavy atom. The number of hydrogen-bond donors (Lipinski definition) is 2. The maximum Gasteiger partial charge on any atom is 0.344 e. The van der Waals surface area contributed by atoms with E-state index in [1.165, 1.54) is 21.1 Å². The molecule has 1 aromatic heterocycles. The van der Waals surface area contributed by atoms with Crippen molar-refractivity contribution in [2.45, 2.75) is 125 Å². The normalized spacial score (nSPS) is 29.4. The summed E-state index contributed by atoms with van der Waals surface area (Å²) in [6.45, 7) is 8.30. The highest BCUT2D eigenvalue weighted by Gasteiger charge is 2.80. The van der Waals surface area contributed by atoms with Crippen LogP contribution in [0.5, 0.6) is 5.75 Å². The lowest BCUT2D eigenvalue weighted by molar-refractivity contribution is -0.228. The predicted molar refractivity (Wildman–Crippen MR) is 296 cm³/mol. The molecule has 2 aliphatic carbocycles. The van der Waals surface area contributed by atoms with E-state index in [-0.39, 0.29) is 29.9 Å². The molecule has 1 spiro atoms. The fourth-order valence-corrected chi connectivity index (χ4v) is 17.2. The van der Waals surface area contributed by atoms with E-state index in [1.54, 1.807) is 31.4 Å². The quantitative estimate of drug-likeness (QED) is 0.0470. The lowest BCUT2D eigenvalue weighted by Crippen LogP contribution is -2.81. The molecule has 6 aliphatic rings. The molecule has 5 heterocycles. The zero-order valence-electron chi connectivity index (χ0n) is 46.0. The van der Waals surface area contributed by atoms with Gasteiger partial charge in [-0.15, -0.1) is 0 Å². The number of esters is 3. The molecule has 0 radical (unpaired) electrons. The van der Waals surface area contributed by atoms with Crippen molar-refractivity contribution in [1.82, 2.24) is 14.8 Å². The van der Waals surface area contributed by atoms with Crippen molar-refractivity contribution in [3.8, 4) is 5.75 Å². The Balaban J connectivity index is 1.14. The molecule has 11 rings (SSSR count). The molecule has 4 aliphatic heterocycles. The molecule has 16 heteroatoms. The minimum atomic E-state index is -4.12. The third kappa shape index (κ3) is 8.32. The van der Waals surface area contributed by atoms with Crippen LogP contribution in [0, 0.1) is 23.7 Å². The third-order valence-electron chi connectivity index (χ3n) is 19.2. The van der Waals surface area contributed by atoms with E-state index in [1.807, 2.05) is 62.2 Å². The number of rotatable bonds is 14. The summed E-state index contributed by atoms with van der Waals surface area (Å²) in [4.78, 5) is 54.9. The van der Waals surface area contributed by atoms with Gasteiger partial charge in [-0.3, -0.25) is 23.6 Å². The van der Waals surface area contributed by atoms with Gasteiger partial charge in [0.1, 0.15) is 11.2 Å². The molecule has 2 saturated carbocycles. The molecule has 4 aromatic carbocycles. The first-order valence-electron chi connectivity index (χ1n) is 27.7. The van der Waals surface area contributed by atoms with E-state index >= 15 is 4.79 Å². The molecule has 0 unspecified atom stereocenters. The number of para-hydroxylation sites is 1. The second kappa shape index (κ2) is 20.3. The highest BCUT2D eigenvalue weighted by molar-refractivity contribution is 7.86. The summed E-state index contributed by atoms with van der Waals surface area (Å²) in [5, 5.41) is 14.6. The molecule has 3 fully saturated rings. The Bertz CT molecular complexity index is 3270. The lowest BCUT2D eigenvalue weighted by atomic mass is 9.47. The maximum atomic E-state index is 16.2. The van der Waals surface area contributed by atoms with Crippen molar-refractivity contribution < 1.29 is 51.0 Å². The van der Waals surface area contributed by atoms with Crippen LogP contribution < -0.4 is 9.64 Å². The number of nitrogens with zero attached hydrogens (tertiary/aromatic N) is 3. The molecule has 78 heavy (non-hydrogen) atoms. The summed E-state index contributed by atoms with van der Waals surface area (Å²) in [7, 11) is 2.04. The average molecular weight is 1080 g/mol. The van der Waals surface area contributed by atoms with Crippen molar-refractivity contribution in [3.05, 3.63) is 137 Å². The molecule has 0 bridgehead atoms. The fraction of sp³-hybridized carbons (Fsp3) is 0.500. The van der Waals surface area contributed by atoms with Crippen molar-refractivity contribution in [2.75, 3.05) is 66.1 Å². The minimum absolute atomic E-state index is 0.0113. The van der Waals surface area contributed by atoms with Gasteiger partial charge in [-0.1, -0.05) is 98.1 Å². The Morgan fingerprint density at radius 3 is 2.27 bits per heavy atom. The van der Waals surface area contributed by atoms with Gasteiger partial charge in [0.05, 0.1) is 38.9 Å². The molecular weight excluding hydrogens is 1010 g/mol. The number of carbonyl (C=O) groups excluding carboxylic acids is 3. The maximum absolute atomic E-state index is 16.2. The minimum Gasteiger partial charge on any atom is -0.496 e. The first-order chi connectivity index (χ1) is 37.4. The van der Waals surface area contributed by atoms with Gasteiger partial charge in [-0.2, -0.15) is 8.42 Å². The molecule has 414 valence electrons. The SMILES string of the molecule is CC[C@]12C=CCN3CC[C@@]4(c5cc([C@@]6(C(=O)OC)C[C@H](CC7(COS(=O)(=O)c8ccc(C)cc8)CCCC7)CN(Cc7ccccc7)CCc7c6[nH]c6ccccc76)c(OC)cc5N(C)[C@H]4[C@@](O)(C(=O)OC)[C@@H]1OC(C)=O)[C@@H]32. The van der Waals surface area contributed by atoms with Crippen LogP contribution in [0.3, 0.4) is 0 Å². The van der Waals surface area contributed by atoms with Gasteiger partial charge in [0.2, 0.25) is 5.60 Å². The molecular formula is C62H74N4O11S. The van der Waals surface area contributed by atoms with Crippen LogP contribution in [0.25, 0.3) is 10.9 Å². The van der Waals surface area contributed by atoms with Crippen LogP contribution in [0.2, 0.25) is 0 Å². The number of aliphatic hydroxyl groups is 1. The molecule has 8 atom stereocenters. The second-order valence-electron chi connectivity index (χ2n) is 23.3. The van der Waals surface area contributed by atoms with Gasteiger partial charge in [0.25, 0.3) is 10.1 Å². The van der Waals surface area contributed by atoms with E-state index in [4.69, 9.17) is 23.1 Å². The Morgan fingerprint density at radius 2 is 1.58 bits per heavy atom. The van der Waals surface area contributed by atoms with Gasteiger partial charge in [0, 0.05) is 90.9 Å². The largest absolute Gasteiger partial charge is 0.496 e. The number of aromatic amines is 1. The Kier molecular flexibility index (Phi) is 14.0. The van der Waals surface area contributed by atoms with Crippen LogP contribution in [0.4, 0.5) is 5.69 Å². The topological polar surface area (TPSA) is 177 Å². The van der Waals surface area contributed by atoms with E-state index < -0.39 is 67.4 Å². The van der Waals surface area contributed by atoms with Gasteiger partial charge in [-0.05, 0) is 111 Å². The molecule has 1 saturated heterocycles. The lowest BCUT2D eigenvalue weighted by Gasteiger charge is -2.63. The van der Waals surface area contributed by atoms with Gasteiger partial charge < -0.3 is 33.9 Å². The summed E-state index contributed by atoms with van der Waals surface area (Å²) in [6.07, 6.45) is 8.38. The van der Waals surface area contributed by atoms with Gasteiger partial charge >= 0.3 is 17.9 Å². The van der Waals surface area contributed by atoms with Crippen molar-refractivity contribution >= 4 is 44.6 Å². The predicted octanol–water partition coefficient (Wildman–Crippen LogP) is 8.31. The molecule has 5 aromatic rings. The van der Waals surface area contributed by atoms with Crippen molar-refractivity contribution in [3.63, 3.8) is 0 Å². The molecule has 0 amide bonds. The number of aryl methyl sites for hydroxylation is 1. The van der Waals surface area contributed by atoms with E-state index in [9.17, 15) is 23.1 Å². The summed E-state index contributed by atoms with van der Waals surface area (Å²) in [6, 6.07) is 28.0. The number of nitrogens with one attached hydrogen (secondary N) is 1. The number of hydrogen-bond acceptors (Lipinski definition) is 14. The van der Waals surface area contributed by atoms with Crippen LogP contribution >= 0.6 is 0 Å². The number of benzene rings is 4. The van der Waals surface area contributed by atoms with E-state index in [0.29, 0.717) is 81.1 Å². The van der Waals surface area contributed by atoms with Gasteiger partial charge in [0.15, 0.2) is 6.10 Å². The van der Waals surface area contributed by atoms with E-state index in [2.05, 4.69) is 57.3 Å². The number of anilines is 1. The van der Waals surface area contributed by atoms with E-state index in [0.717, 1.165) is 58.8 Å². The number of carbonyl (C=O) groups is 3. The summed E-state index contributed by atoms with van der Waals surface area (Å²) >= 11 is 0. The summed E-state index contributed by atoms with van der Waals surface area (Å²) < 4.78 is 58.8. The zero-order valence-corrected chi connectivity index (χ0v) is 46.8. The standard InChI is InChI=1S/C62H74N4O11S/c1-8-59-28-16-30-66-32-29-60(53(59)66)47-33-48(51(73-5)34-50(47)64(4)54(60)62(70,57(69)75-7)55(59)77-41(3)67)61(56(68)74-6)36-43(35-58(26-14-15-27-58)39-76-78(71,72)44-23-21-40(2)22-24-44)38-65(37-42-17-10-9-11-18-42)31-25-46-45-19-12-13-20-49(45)63-52(46)61/h9-13,16-24,28,33-34,43,53-55,63,70H,8,14-15,25-27,29-32,35-39H2,1-7H3/t43-,53-,54+,55+,59+,60+,61-,62-/m0/s1. The molecule has 15 nitrogen and oxygen atoms in total. The third-order valence-corrected chi connectivity index (χ3v) is 20.5. The second-order valence-corrected chi connectivity index (χ2v) is 25.0. The highest BCUT2D eigenvalue weighted by Crippen LogP contribution is 2.68. The average Bonchev–Trinajstić information content (AvgIpc) is 2.36. The summed E-state index contributed by atoms with van der Waals surface area (Å²) in [5.74, 6) is -1.87. The smallest absolute Gasteiger partial charge is 0.344 e. The first-order valence-corrected chi connectivity index (χ1v) is 29.1. The zero-order chi connectivity index (χ0) is 55.0. The Labute approximate surface area is 458 Å². The number of H-pyrrole nitrogens is 1. The van der Waals surface area contributed by atoms with Crippen LogP contribution in [-0.4, -0.2) is 131 Å². The number of ether oxygens (including phenoxy) is 4.